The highest BCUT2D eigenvalue weighted by Crippen LogP contribution is 1.95. The van der Waals surface area contributed by atoms with Gasteiger partial charge >= 0.3 is 0 Å². The fraction of sp³-hybridized carbons (Fsp3) is 0.167. The van der Waals surface area contributed by atoms with Crippen molar-refractivity contribution in [1.82, 2.24) is 0 Å². The highest BCUT2D eigenvalue weighted by Gasteiger charge is 1.74. The largest absolute Gasteiger partial charge is 0.0842 e. The van der Waals surface area contributed by atoms with Crippen LogP contribution in [0.3, 0.4) is 0 Å². The number of hydrogen-bond donors (Lipinski definition) is 0. The van der Waals surface area contributed by atoms with Crippen LogP contribution in [0.1, 0.15) is 12.8 Å². The Morgan fingerprint density at radius 3 is 1.17 bits per heavy atom. The molecule has 12 heavy (non-hydrogen) atoms. The van der Waals surface area contributed by atoms with Gasteiger partial charge in [0.2, 0.25) is 0 Å². The summed E-state index contributed by atoms with van der Waals surface area (Å²) in [5.74, 6) is 0. The van der Waals surface area contributed by atoms with E-state index >= 15 is 0 Å². The van der Waals surface area contributed by atoms with Gasteiger partial charge in [-0.15, -0.1) is 0 Å². The molecule has 0 heteroatoms. The minimum atomic E-state index is 1.12. The van der Waals surface area contributed by atoms with Gasteiger partial charge < -0.3 is 0 Å². The minimum Gasteiger partial charge on any atom is -0.0842 e. The molecule has 0 saturated heterocycles. The molecular formula is C12H14. The average Bonchev–Trinajstić information content (AvgIpc) is 2.05. The van der Waals surface area contributed by atoms with Crippen molar-refractivity contribution >= 4 is 0 Å². The van der Waals surface area contributed by atoms with Crippen molar-refractivity contribution in [3.63, 3.8) is 0 Å². The summed E-state index contributed by atoms with van der Waals surface area (Å²) < 4.78 is 0. The highest BCUT2D eigenvalue weighted by molar-refractivity contribution is 5.18. The second-order valence-corrected chi connectivity index (χ2v) is 2.59. The van der Waals surface area contributed by atoms with E-state index in [1.165, 1.54) is 0 Å². The van der Waals surface area contributed by atoms with E-state index in [-0.39, 0.29) is 0 Å². The summed E-state index contributed by atoms with van der Waals surface area (Å²) in [5, 5.41) is 0. The standard InChI is InChI=1S/C12H14/c1-2-4-6-8-10-12-11-9-7-5-3-1/h1-10H,11-12H2/b2-1?,5-3+,6-4?,9-7+,10-8+. The second-order valence-electron chi connectivity index (χ2n) is 2.59. The highest BCUT2D eigenvalue weighted by atomic mass is 13.8. The van der Waals surface area contributed by atoms with Gasteiger partial charge in [0.05, 0.1) is 0 Å². The smallest absolute Gasteiger partial charge is 0.0313 e. The summed E-state index contributed by atoms with van der Waals surface area (Å²) in [5.41, 5.74) is 0. The van der Waals surface area contributed by atoms with Crippen molar-refractivity contribution in [2.24, 2.45) is 0 Å². The van der Waals surface area contributed by atoms with Crippen molar-refractivity contribution in [2.75, 3.05) is 0 Å². The predicted octanol–water partition coefficient (Wildman–Crippen LogP) is 3.56. The van der Waals surface area contributed by atoms with E-state index in [2.05, 4.69) is 36.5 Å². The van der Waals surface area contributed by atoms with E-state index < -0.39 is 0 Å². The van der Waals surface area contributed by atoms with E-state index in [0.29, 0.717) is 0 Å². The van der Waals surface area contributed by atoms with Crippen molar-refractivity contribution in [1.29, 1.82) is 0 Å². The molecule has 1 aliphatic rings. The van der Waals surface area contributed by atoms with Crippen LogP contribution in [0.5, 0.6) is 0 Å². The molecule has 0 aliphatic heterocycles. The molecule has 0 bridgehead atoms. The quantitative estimate of drug-likeness (QED) is 0.505. The summed E-state index contributed by atoms with van der Waals surface area (Å²) in [4.78, 5) is 0. The lowest BCUT2D eigenvalue weighted by Crippen LogP contribution is -1.64. The molecule has 0 heterocycles. The van der Waals surface area contributed by atoms with Gasteiger partial charge in [-0.05, 0) is 12.8 Å². The summed E-state index contributed by atoms with van der Waals surface area (Å²) in [6.45, 7) is 0. The Bertz CT molecular complexity index is 211. The van der Waals surface area contributed by atoms with Crippen molar-refractivity contribution in [3.8, 4) is 0 Å². The Hall–Kier alpha value is -1.30. The zero-order valence-corrected chi connectivity index (χ0v) is 7.19. The van der Waals surface area contributed by atoms with Crippen LogP contribution < -0.4 is 0 Å². The lowest BCUT2D eigenvalue weighted by molar-refractivity contribution is 1.05. The summed E-state index contributed by atoms with van der Waals surface area (Å²) in [6, 6.07) is 0. The van der Waals surface area contributed by atoms with Crippen LogP contribution in [0.4, 0.5) is 0 Å². The van der Waals surface area contributed by atoms with E-state index in [1.54, 1.807) is 0 Å². The van der Waals surface area contributed by atoms with Gasteiger partial charge in [-0.2, -0.15) is 0 Å². The maximum Gasteiger partial charge on any atom is -0.0313 e. The Balaban J connectivity index is 2.55. The molecular weight excluding hydrogens is 144 g/mol. The summed E-state index contributed by atoms with van der Waals surface area (Å²) in [7, 11) is 0. The molecule has 0 aromatic heterocycles. The van der Waals surface area contributed by atoms with Crippen LogP contribution in [-0.4, -0.2) is 0 Å². The third-order valence-electron chi connectivity index (χ3n) is 1.55. The third-order valence-corrected chi connectivity index (χ3v) is 1.55. The molecule has 0 atom stereocenters. The van der Waals surface area contributed by atoms with Crippen molar-refractivity contribution in [3.05, 3.63) is 60.8 Å². The Labute approximate surface area is 74.3 Å². The first-order valence-corrected chi connectivity index (χ1v) is 4.32. The van der Waals surface area contributed by atoms with Crippen molar-refractivity contribution < 1.29 is 0 Å². The van der Waals surface area contributed by atoms with Crippen LogP contribution in [0.25, 0.3) is 0 Å². The molecule has 62 valence electrons. The molecule has 1 aliphatic carbocycles. The Kier molecular flexibility index (Phi) is 4.70. The molecule has 0 N–H and O–H groups in total. The second kappa shape index (κ2) is 6.41. The molecule has 1 rings (SSSR count). The summed E-state index contributed by atoms with van der Waals surface area (Å²) >= 11 is 0. The zero-order valence-electron chi connectivity index (χ0n) is 7.19. The van der Waals surface area contributed by atoms with Gasteiger partial charge in [0.15, 0.2) is 0 Å². The van der Waals surface area contributed by atoms with Crippen molar-refractivity contribution in [2.45, 2.75) is 12.8 Å². The lowest BCUT2D eigenvalue weighted by atomic mass is 10.2. The van der Waals surface area contributed by atoms with Gasteiger partial charge in [-0.3, -0.25) is 0 Å². The van der Waals surface area contributed by atoms with Crippen LogP contribution >= 0.6 is 0 Å². The normalized spacial score (nSPS) is 25.3. The SMILES string of the molecule is C1=C/C=C/C=C/CC/C=C/C=C1. The molecule has 0 fully saturated rings. The van der Waals surface area contributed by atoms with Gasteiger partial charge in [0.1, 0.15) is 0 Å². The van der Waals surface area contributed by atoms with Gasteiger partial charge in [-0.25, -0.2) is 0 Å². The van der Waals surface area contributed by atoms with Gasteiger partial charge in [-0.1, -0.05) is 60.8 Å². The van der Waals surface area contributed by atoms with Crippen LogP contribution in [0.2, 0.25) is 0 Å². The maximum absolute atomic E-state index is 2.18. The van der Waals surface area contributed by atoms with Crippen LogP contribution in [0.15, 0.2) is 60.8 Å². The molecule has 0 spiro atoms. The molecule has 0 aromatic carbocycles. The summed E-state index contributed by atoms with van der Waals surface area (Å²) in [6.07, 6.45) is 23.0. The first kappa shape index (κ1) is 8.79. The fourth-order valence-electron chi connectivity index (χ4n) is 0.927. The van der Waals surface area contributed by atoms with Crippen LogP contribution in [-0.2, 0) is 0 Å². The first-order chi connectivity index (χ1) is 6.00. The predicted molar refractivity (Wildman–Crippen MR) is 54.9 cm³/mol. The van der Waals surface area contributed by atoms with Gasteiger partial charge in [0.25, 0.3) is 0 Å². The number of hydrogen-bond acceptors (Lipinski definition) is 0. The van der Waals surface area contributed by atoms with E-state index in [0.717, 1.165) is 12.8 Å². The molecule has 0 nitrogen and oxygen atoms in total. The monoisotopic (exact) mass is 158 g/mol. The van der Waals surface area contributed by atoms with E-state index in [4.69, 9.17) is 0 Å². The van der Waals surface area contributed by atoms with Gasteiger partial charge in [0, 0.05) is 0 Å². The molecule has 0 saturated carbocycles. The minimum absolute atomic E-state index is 1.12. The Morgan fingerprint density at radius 1 is 0.417 bits per heavy atom. The van der Waals surface area contributed by atoms with E-state index in [9.17, 15) is 0 Å². The number of allylic oxidation sites excluding steroid dienone is 10. The molecule has 0 amide bonds. The zero-order chi connectivity index (χ0) is 8.49. The topological polar surface area (TPSA) is 0 Å². The fourth-order valence-corrected chi connectivity index (χ4v) is 0.927. The average molecular weight is 158 g/mol. The maximum atomic E-state index is 2.18. The third kappa shape index (κ3) is 4.51. The lowest BCUT2D eigenvalue weighted by Gasteiger charge is -1.84. The molecule has 0 unspecified atom stereocenters. The molecule has 0 aromatic rings. The molecule has 0 radical (unpaired) electrons. The first-order valence-electron chi connectivity index (χ1n) is 4.32. The van der Waals surface area contributed by atoms with E-state index in [1.807, 2.05) is 24.3 Å². The van der Waals surface area contributed by atoms with Crippen LogP contribution in [0, 0.1) is 0 Å². The Morgan fingerprint density at radius 2 is 0.750 bits per heavy atom. The number of rotatable bonds is 0.